The zero-order chi connectivity index (χ0) is 25.1. The zero-order valence-corrected chi connectivity index (χ0v) is 18.9. The van der Waals surface area contributed by atoms with Gasteiger partial charge in [-0.05, 0) is 52.0 Å². The average molecular weight is 473 g/mol. The Bertz CT molecular complexity index is 717. The van der Waals surface area contributed by atoms with Crippen molar-refractivity contribution in [2.75, 3.05) is 13.1 Å². The summed E-state index contributed by atoms with van der Waals surface area (Å²) in [5, 5.41) is 23.9. The molecule has 1 rings (SSSR count). The average Bonchev–Trinajstić information content (AvgIpc) is 3.24. The number of hydrogen-bond acceptors (Lipinski definition) is 8. The van der Waals surface area contributed by atoms with E-state index >= 15 is 0 Å². The van der Waals surface area contributed by atoms with E-state index in [0.717, 1.165) is 0 Å². The van der Waals surface area contributed by atoms with Crippen LogP contribution in [-0.4, -0.2) is 88.1 Å². The number of carboxylic acid groups (broad SMARTS) is 1. The van der Waals surface area contributed by atoms with Crippen LogP contribution in [0.15, 0.2) is 0 Å². The molecule has 1 heterocycles. The largest absolute Gasteiger partial charge is 0.480 e. The quantitative estimate of drug-likeness (QED) is 0.129. The van der Waals surface area contributed by atoms with Gasteiger partial charge in [-0.1, -0.05) is 0 Å². The normalized spacial score (nSPS) is 19.3. The first-order valence-corrected chi connectivity index (χ1v) is 11.1. The fourth-order valence-electron chi connectivity index (χ4n) is 3.55. The van der Waals surface area contributed by atoms with Gasteiger partial charge in [0.05, 0.1) is 6.10 Å². The van der Waals surface area contributed by atoms with Crippen LogP contribution in [0.25, 0.3) is 0 Å². The molecule has 5 atom stereocenters. The number of unbranched alkanes of at least 4 members (excludes halogenated alkanes) is 1. The molecule has 5 unspecified atom stereocenters. The minimum Gasteiger partial charge on any atom is -0.480 e. The summed E-state index contributed by atoms with van der Waals surface area (Å²) in [5.41, 5.74) is 16.3. The SMILES string of the molecule is CC(O)C(N)C(=O)N1CCCC1C(=O)NC(CCC(N)=O)C(=O)NC(CCCCN)C(=O)O. The minimum absolute atomic E-state index is 0.143. The summed E-state index contributed by atoms with van der Waals surface area (Å²) in [6.07, 6.45) is 0.595. The van der Waals surface area contributed by atoms with Crippen molar-refractivity contribution < 1.29 is 34.2 Å². The van der Waals surface area contributed by atoms with Gasteiger partial charge in [0.25, 0.3) is 0 Å². The van der Waals surface area contributed by atoms with E-state index in [4.69, 9.17) is 17.2 Å². The number of nitrogens with two attached hydrogens (primary N) is 3. The predicted octanol–water partition coefficient (Wildman–Crippen LogP) is -2.87. The lowest BCUT2D eigenvalue weighted by Gasteiger charge is -2.29. The van der Waals surface area contributed by atoms with Crippen LogP contribution in [0.5, 0.6) is 0 Å². The van der Waals surface area contributed by atoms with E-state index in [-0.39, 0.29) is 25.8 Å². The predicted molar refractivity (Wildman–Crippen MR) is 117 cm³/mol. The Balaban J connectivity index is 2.92. The molecule has 0 saturated carbocycles. The van der Waals surface area contributed by atoms with Gasteiger partial charge in [-0.15, -0.1) is 0 Å². The Labute approximate surface area is 192 Å². The maximum Gasteiger partial charge on any atom is 0.326 e. The first-order valence-electron chi connectivity index (χ1n) is 11.1. The van der Waals surface area contributed by atoms with E-state index < -0.39 is 59.9 Å². The molecule has 1 aliphatic rings. The molecule has 0 aromatic carbocycles. The fraction of sp³-hybridized carbons (Fsp3) is 0.750. The summed E-state index contributed by atoms with van der Waals surface area (Å²) in [4.78, 5) is 62.2. The number of primary amides is 1. The number of nitrogens with one attached hydrogen (secondary N) is 2. The molecule has 0 aromatic rings. The molecule has 1 aliphatic heterocycles. The van der Waals surface area contributed by atoms with E-state index in [1.165, 1.54) is 11.8 Å². The highest BCUT2D eigenvalue weighted by Crippen LogP contribution is 2.19. The van der Waals surface area contributed by atoms with E-state index in [9.17, 15) is 34.2 Å². The third-order valence-corrected chi connectivity index (χ3v) is 5.52. The number of hydrogen-bond donors (Lipinski definition) is 7. The van der Waals surface area contributed by atoms with Gasteiger partial charge in [-0.2, -0.15) is 0 Å². The minimum atomic E-state index is -1.24. The lowest BCUT2D eigenvalue weighted by Crippen LogP contribution is -2.57. The number of aliphatic carboxylic acids is 1. The molecule has 0 aromatic heterocycles. The van der Waals surface area contributed by atoms with Crippen LogP contribution >= 0.6 is 0 Å². The highest BCUT2D eigenvalue weighted by Gasteiger charge is 2.38. The number of carbonyl (C=O) groups excluding carboxylic acids is 4. The highest BCUT2D eigenvalue weighted by atomic mass is 16.4. The number of carboxylic acids is 1. The van der Waals surface area contributed by atoms with Crippen LogP contribution in [0.3, 0.4) is 0 Å². The van der Waals surface area contributed by atoms with E-state index in [2.05, 4.69) is 10.6 Å². The van der Waals surface area contributed by atoms with Gasteiger partial charge in [0.1, 0.15) is 24.2 Å². The van der Waals surface area contributed by atoms with E-state index in [1.807, 2.05) is 0 Å². The Morgan fingerprint density at radius 2 is 1.76 bits per heavy atom. The van der Waals surface area contributed by atoms with Crippen molar-refractivity contribution in [3.63, 3.8) is 0 Å². The van der Waals surface area contributed by atoms with Crippen molar-refractivity contribution in [2.24, 2.45) is 17.2 Å². The Hall–Kier alpha value is -2.77. The maximum absolute atomic E-state index is 12.9. The van der Waals surface area contributed by atoms with E-state index in [1.54, 1.807) is 0 Å². The number of carbonyl (C=O) groups is 5. The molecule has 4 amide bonds. The van der Waals surface area contributed by atoms with Crippen LogP contribution in [0.2, 0.25) is 0 Å². The van der Waals surface area contributed by atoms with Gasteiger partial charge < -0.3 is 42.9 Å². The molecule has 0 spiro atoms. The number of aliphatic hydroxyl groups excluding tert-OH is 1. The maximum atomic E-state index is 12.9. The fourth-order valence-corrected chi connectivity index (χ4v) is 3.55. The molecule has 0 radical (unpaired) electrons. The summed E-state index contributed by atoms with van der Waals surface area (Å²) in [6, 6.07) is -4.53. The van der Waals surface area contributed by atoms with Crippen molar-refractivity contribution in [3.8, 4) is 0 Å². The molecule has 10 N–H and O–H groups in total. The summed E-state index contributed by atoms with van der Waals surface area (Å²) in [7, 11) is 0. The highest BCUT2D eigenvalue weighted by molar-refractivity contribution is 5.94. The standard InChI is InChI=1S/C20H36N6O7/c1-11(27)16(23)19(31)26-10-4-6-14(26)18(30)24-12(7-8-15(22)28)17(29)25-13(20(32)33)5-2-3-9-21/h11-14,16,27H,2-10,21,23H2,1H3,(H2,22,28)(H,24,30)(H,25,29)(H,32,33). The molecule has 13 nitrogen and oxygen atoms in total. The van der Waals surface area contributed by atoms with Gasteiger partial charge in [-0.3, -0.25) is 19.2 Å². The number of aliphatic hydroxyl groups is 1. The third-order valence-electron chi connectivity index (χ3n) is 5.52. The monoisotopic (exact) mass is 472 g/mol. The van der Waals surface area contributed by atoms with Gasteiger partial charge >= 0.3 is 5.97 Å². The first kappa shape index (κ1) is 28.3. The molecule has 0 bridgehead atoms. The molecule has 0 aliphatic carbocycles. The van der Waals surface area contributed by atoms with Crippen molar-refractivity contribution in [1.82, 2.24) is 15.5 Å². The zero-order valence-electron chi connectivity index (χ0n) is 18.9. The molecule has 1 saturated heterocycles. The summed E-state index contributed by atoms with van der Waals surface area (Å²) >= 11 is 0. The van der Waals surface area contributed by atoms with Crippen LogP contribution in [-0.2, 0) is 24.0 Å². The number of nitrogens with zero attached hydrogens (tertiary/aromatic N) is 1. The third kappa shape index (κ3) is 8.94. The van der Waals surface area contributed by atoms with Crippen LogP contribution in [0.1, 0.15) is 51.9 Å². The van der Waals surface area contributed by atoms with Gasteiger partial charge in [0.2, 0.25) is 23.6 Å². The lowest BCUT2D eigenvalue weighted by molar-refractivity contribution is -0.143. The van der Waals surface area contributed by atoms with Crippen molar-refractivity contribution in [2.45, 2.75) is 82.1 Å². The molecule has 33 heavy (non-hydrogen) atoms. The Kier molecular flexibility index (Phi) is 11.7. The van der Waals surface area contributed by atoms with Crippen molar-refractivity contribution in [3.05, 3.63) is 0 Å². The first-order chi connectivity index (χ1) is 15.5. The second kappa shape index (κ2) is 13.7. The topological polar surface area (TPSA) is 231 Å². The lowest BCUT2D eigenvalue weighted by atomic mass is 10.1. The van der Waals surface area contributed by atoms with Gasteiger partial charge in [-0.25, -0.2) is 4.79 Å². The molecule has 188 valence electrons. The van der Waals surface area contributed by atoms with Crippen molar-refractivity contribution >= 4 is 29.6 Å². The van der Waals surface area contributed by atoms with Crippen LogP contribution < -0.4 is 27.8 Å². The second-order valence-corrected chi connectivity index (χ2v) is 8.21. The number of likely N-dealkylation sites (tertiary alicyclic amines) is 1. The van der Waals surface area contributed by atoms with Gasteiger partial charge in [0, 0.05) is 13.0 Å². The number of amides is 4. The Morgan fingerprint density at radius 3 is 2.30 bits per heavy atom. The molecule has 13 heteroatoms. The number of rotatable bonds is 14. The summed E-state index contributed by atoms with van der Waals surface area (Å²) in [5.74, 6) is -3.94. The molecule has 1 fully saturated rings. The summed E-state index contributed by atoms with van der Waals surface area (Å²) in [6.45, 7) is 2.01. The second-order valence-electron chi connectivity index (χ2n) is 8.21. The van der Waals surface area contributed by atoms with E-state index in [0.29, 0.717) is 32.2 Å². The van der Waals surface area contributed by atoms with Gasteiger partial charge in [0.15, 0.2) is 0 Å². The van der Waals surface area contributed by atoms with Crippen LogP contribution in [0.4, 0.5) is 0 Å². The Morgan fingerprint density at radius 1 is 1.09 bits per heavy atom. The smallest absolute Gasteiger partial charge is 0.326 e. The van der Waals surface area contributed by atoms with Crippen molar-refractivity contribution in [1.29, 1.82) is 0 Å². The van der Waals surface area contributed by atoms with Crippen LogP contribution in [0, 0.1) is 0 Å². The molecular weight excluding hydrogens is 436 g/mol. The summed E-state index contributed by atoms with van der Waals surface area (Å²) < 4.78 is 0. The molecular formula is C20H36N6O7.